The summed E-state index contributed by atoms with van der Waals surface area (Å²) in [6.07, 6.45) is 0. The zero-order chi connectivity index (χ0) is 38.4. The standard InChI is InChI=1S/C56H37NO/c1-2-11-44-35-51(31-27-38(44)9-1)57(50-29-25-40(26-30-50)39-19-21-42(22-20-39)54-17-8-13-41-10-3-5-16-53(41)54)52-32-28-46-33-45(23-24-47(46)36-52)43-14-7-15-48(34-43)56-37-49-12-4-6-18-55(49)58-56/h1-37H. The first kappa shape index (κ1) is 33.6. The second-order valence-corrected chi connectivity index (χ2v) is 15.0. The third kappa shape index (κ3) is 6.18. The molecule has 0 N–H and O–H groups in total. The number of hydrogen-bond acceptors (Lipinski definition) is 2. The van der Waals surface area contributed by atoms with E-state index in [-0.39, 0.29) is 0 Å². The summed E-state index contributed by atoms with van der Waals surface area (Å²) in [6, 6.07) is 80.8. The quantitative estimate of drug-likeness (QED) is 0.162. The highest BCUT2D eigenvalue weighted by Crippen LogP contribution is 2.40. The third-order valence-electron chi connectivity index (χ3n) is 11.4. The smallest absolute Gasteiger partial charge is 0.135 e. The molecule has 0 saturated heterocycles. The van der Waals surface area contributed by atoms with Crippen LogP contribution in [0.25, 0.3) is 88.0 Å². The number of fused-ring (bicyclic) bond motifs is 4. The molecule has 0 radical (unpaired) electrons. The summed E-state index contributed by atoms with van der Waals surface area (Å²) in [5, 5.41) is 8.45. The van der Waals surface area contributed by atoms with E-state index in [0.29, 0.717) is 0 Å². The van der Waals surface area contributed by atoms with Gasteiger partial charge >= 0.3 is 0 Å². The average Bonchev–Trinajstić information content (AvgIpc) is 3.74. The molecular formula is C56H37NO. The van der Waals surface area contributed by atoms with Crippen molar-refractivity contribution in [3.05, 3.63) is 224 Å². The van der Waals surface area contributed by atoms with Crippen molar-refractivity contribution in [2.24, 2.45) is 0 Å². The van der Waals surface area contributed by atoms with Crippen LogP contribution >= 0.6 is 0 Å². The second-order valence-electron chi connectivity index (χ2n) is 15.0. The molecule has 272 valence electrons. The van der Waals surface area contributed by atoms with E-state index in [1.165, 1.54) is 60.1 Å². The number of benzene rings is 10. The summed E-state index contributed by atoms with van der Waals surface area (Å²) in [6.45, 7) is 0. The van der Waals surface area contributed by atoms with Crippen LogP contribution in [0.1, 0.15) is 0 Å². The molecule has 0 unspecified atom stereocenters. The largest absolute Gasteiger partial charge is 0.456 e. The zero-order valence-corrected chi connectivity index (χ0v) is 31.7. The molecule has 0 aliphatic heterocycles. The van der Waals surface area contributed by atoms with Crippen molar-refractivity contribution < 1.29 is 4.42 Å². The zero-order valence-electron chi connectivity index (χ0n) is 31.7. The van der Waals surface area contributed by atoms with Gasteiger partial charge in [-0.3, -0.25) is 0 Å². The summed E-state index contributed by atoms with van der Waals surface area (Å²) in [7, 11) is 0. The van der Waals surface area contributed by atoms with Crippen LogP contribution < -0.4 is 4.90 Å². The van der Waals surface area contributed by atoms with Gasteiger partial charge in [0.25, 0.3) is 0 Å². The molecule has 58 heavy (non-hydrogen) atoms. The van der Waals surface area contributed by atoms with Crippen LogP contribution in [0.3, 0.4) is 0 Å². The van der Waals surface area contributed by atoms with E-state index in [4.69, 9.17) is 4.42 Å². The Kier molecular flexibility index (Phi) is 8.19. The van der Waals surface area contributed by atoms with Gasteiger partial charge in [-0.05, 0) is 126 Å². The molecule has 10 aromatic carbocycles. The molecule has 1 aromatic heterocycles. The van der Waals surface area contributed by atoms with Gasteiger partial charge in [0.15, 0.2) is 0 Å². The Bertz CT molecular complexity index is 3240. The first-order valence-corrected chi connectivity index (χ1v) is 19.8. The molecular weight excluding hydrogens is 703 g/mol. The number of para-hydroxylation sites is 1. The Labute approximate surface area is 337 Å². The Morgan fingerprint density at radius 3 is 1.59 bits per heavy atom. The van der Waals surface area contributed by atoms with Crippen LogP contribution in [0.15, 0.2) is 229 Å². The van der Waals surface area contributed by atoms with Gasteiger partial charge in [-0.1, -0.05) is 164 Å². The van der Waals surface area contributed by atoms with Crippen LogP contribution in [-0.4, -0.2) is 0 Å². The normalized spacial score (nSPS) is 11.4. The van der Waals surface area contributed by atoms with E-state index in [1.54, 1.807) is 0 Å². The van der Waals surface area contributed by atoms with Crippen LogP contribution in [0.5, 0.6) is 0 Å². The van der Waals surface area contributed by atoms with Crippen molar-refractivity contribution in [1.82, 2.24) is 0 Å². The molecule has 1 heterocycles. The average molecular weight is 740 g/mol. The van der Waals surface area contributed by atoms with Gasteiger partial charge in [0.05, 0.1) is 0 Å². The lowest BCUT2D eigenvalue weighted by atomic mass is 9.96. The lowest BCUT2D eigenvalue weighted by molar-refractivity contribution is 0.631. The Balaban J connectivity index is 0.929. The molecule has 11 rings (SSSR count). The highest BCUT2D eigenvalue weighted by molar-refractivity contribution is 5.97. The maximum Gasteiger partial charge on any atom is 0.135 e. The highest BCUT2D eigenvalue weighted by atomic mass is 16.3. The first-order chi connectivity index (χ1) is 28.7. The second kappa shape index (κ2) is 14.1. The summed E-state index contributed by atoms with van der Waals surface area (Å²) < 4.78 is 6.20. The summed E-state index contributed by atoms with van der Waals surface area (Å²) in [5.41, 5.74) is 12.5. The van der Waals surface area contributed by atoms with E-state index in [9.17, 15) is 0 Å². The maximum atomic E-state index is 6.20. The number of rotatable bonds is 7. The van der Waals surface area contributed by atoms with Crippen molar-refractivity contribution >= 4 is 60.3 Å². The van der Waals surface area contributed by atoms with Gasteiger partial charge < -0.3 is 9.32 Å². The molecule has 0 saturated carbocycles. The highest BCUT2D eigenvalue weighted by Gasteiger charge is 2.15. The fraction of sp³-hybridized carbons (Fsp3) is 0. The van der Waals surface area contributed by atoms with Gasteiger partial charge in [-0.25, -0.2) is 0 Å². The minimum atomic E-state index is 0.880. The lowest BCUT2D eigenvalue weighted by Crippen LogP contribution is -2.09. The van der Waals surface area contributed by atoms with Crippen LogP contribution in [0.4, 0.5) is 17.1 Å². The van der Waals surface area contributed by atoms with Crippen LogP contribution in [0.2, 0.25) is 0 Å². The molecule has 11 aromatic rings. The molecule has 2 nitrogen and oxygen atoms in total. The van der Waals surface area contributed by atoms with Crippen molar-refractivity contribution in [3.63, 3.8) is 0 Å². The molecule has 0 amide bonds. The van der Waals surface area contributed by atoms with Crippen LogP contribution in [-0.2, 0) is 0 Å². The minimum Gasteiger partial charge on any atom is -0.456 e. The SMILES string of the molecule is c1cc(-c2ccc3cc(N(c4ccc(-c5ccc(-c6cccc7ccccc67)cc5)cc4)c4ccc5ccccc5c4)ccc3c2)cc(-c2cc3ccccc3o2)c1. The van der Waals surface area contributed by atoms with Gasteiger partial charge in [0.1, 0.15) is 11.3 Å². The molecule has 0 spiro atoms. The van der Waals surface area contributed by atoms with Crippen molar-refractivity contribution in [2.45, 2.75) is 0 Å². The Morgan fingerprint density at radius 1 is 0.276 bits per heavy atom. The first-order valence-electron chi connectivity index (χ1n) is 19.8. The monoisotopic (exact) mass is 739 g/mol. The fourth-order valence-electron chi connectivity index (χ4n) is 8.41. The summed E-state index contributed by atoms with van der Waals surface area (Å²) >= 11 is 0. The van der Waals surface area contributed by atoms with E-state index in [1.807, 2.05) is 18.2 Å². The van der Waals surface area contributed by atoms with Crippen molar-refractivity contribution in [3.8, 4) is 44.7 Å². The predicted molar refractivity (Wildman–Crippen MR) is 245 cm³/mol. The van der Waals surface area contributed by atoms with E-state index in [0.717, 1.165) is 44.9 Å². The fourth-order valence-corrected chi connectivity index (χ4v) is 8.41. The maximum absolute atomic E-state index is 6.20. The van der Waals surface area contributed by atoms with E-state index in [2.05, 4.69) is 211 Å². The number of furan rings is 1. The van der Waals surface area contributed by atoms with Gasteiger partial charge in [-0.15, -0.1) is 0 Å². The van der Waals surface area contributed by atoms with E-state index >= 15 is 0 Å². The Hall–Kier alpha value is -7.68. The number of nitrogens with zero attached hydrogens (tertiary/aromatic N) is 1. The predicted octanol–water partition coefficient (Wildman–Crippen LogP) is 16.0. The number of hydrogen-bond donors (Lipinski definition) is 0. The number of anilines is 3. The molecule has 0 fully saturated rings. The van der Waals surface area contributed by atoms with Gasteiger partial charge in [0, 0.05) is 28.0 Å². The molecule has 0 bridgehead atoms. The summed E-state index contributed by atoms with van der Waals surface area (Å²) in [5.74, 6) is 0.880. The molecule has 0 atom stereocenters. The van der Waals surface area contributed by atoms with Gasteiger partial charge in [-0.2, -0.15) is 0 Å². The van der Waals surface area contributed by atoms with Crippen molar-refractivity contribution in [1.29, 1.82) is 0 Å². The molecule has 0 aliphatic carbocycles. The minimum absolute atomic E-state index is 0.880. The topological polar surface area (TPSA) is 16.4 Å². The van der Waals surface area contributed by atoms with Gasteiger partial charge in [0.2, 0.25) is 0 Å². The Morgan fingerprint density at radius 2 is 0.793 bits per heavy atom. The lowest BCUT2D eigenvalue weighted by Gasteiger charge is -2.26. The summed E-state index contributed by atoms with van der Waals surface area (Å²) in [4.78, 5) is 2.37. The van der Waals surface area contributed by atoms with Crippen molar-refractivity contribution in [2.75, 3.05) is 4.90 Å². The molecule has 0 aliphatic rings. The van der Waals surface area contributed by atoms with E-state index < -0.39 is 0 Å². The molecule has 2 heteroatoms. The van der Waals surface area contributed by atoms with Crippen LogP contribution in [0, 0.1) is 0 Å². The third-order valence-corrected chi connectivity index (χ3v) is 11.4.